The molecule has 0 unspecified atom stereocenters. The zero-order chi connectivity index (χ0) is 13.8. The van der Waals surface area contributed by atoms with Crippen LogP contribution >= 0.6 is 28.6 Å². The van der Waals surface area contributed by atoms with Gasteiger partial charge in [0.1, 0.15) is 6.07 Å². The molecule has 0 heterocycles. The van der Waals surface area contributed by atoms with E-state index in [2.05, 4.69) is 33.9 Å². The maximum atomic E-state index is 12.1. The first-order valence-corrected chi connectivity index (χ1v) is 6.65. The molecule has 0 bridgehead atoms. The van der Waals surface area contributed by atoms with Crippen molar-refractivity contribution in [1.82, 2.24) is 0 Å². The van der Waals surface area contributed by atoms with Crippen molar-refractivity contribution >= 4 is 40.2 Å². The maximum absolute atomic E-state index is 12.1. The maximum Gasteiger partial charge on any atom is 0.256 e. The minimum Gasteiger partial charge on any atom is -0.321 e. The van der Waals surface area contributed by atoms with E-state index in [4.69, 9.17) is 5.26 Å². The Bertz CT molecular complexity index is 679. The van der Waals surface area contributed by atoms with Crippen molar-refractivity contribution in [2.45, 2.75) is 4.90 Å². The van der Waals surface area contributed by atoms with E-state index < -0.39 is 0 Å². The van der Waals surface area contributed by atoms with Gasteiger partial charge in [-0.25, -0.2) is 0 Å². The van der Waals surface area contributed by atoms with Crippen LogP contribution in [0.25, 0.3) is 0 Å². The van der Waals surface area contributed by atoms with E-state index >= 15 is 0 Å². The van der Waals surface area contributed by atoms with E-state index in [1.807, 2.05) is 6.07 Å². The molecule has 0 aliphatic rings. The molecule has 5 heteroatoms. The molecule has 94 valence electrons. The predicted octanol–water partition coefficient (Wildman–Crippen LogP) is 3.86. The molecule has 0 aliphatic heterocycles. The van der Waals surface area contributed by atoms with Gasteiger partial charge < -0.3 is 5.32 Å². The Balaban J connectivity index is 2.30. The molecule has 0 saturated heterocycles. The van der Waals surface area contributed by atoms with Gasteiger partial charge in [0.15, 0.2) is 0 Å². The Labute approximate surface area is 124 Å². The van der Waals surface area contributed by atoms with Crippen molar-refractivity contribution in [3.63, 3.8) is 0 Å². The van der Waals surface area contributed by atoms with Crippen LogP contribution in [0.1, 0.15) is 15.9 Å². The molecule has 1 N–H and O–H groups in total. The smallest absolute Gasteiger partial charge is 0.256 e. The van der Waals surface area contributed by atoms with Crippen molar-refractivity contribution in [3.8, 4) is 6.07 Å². The number of nitrogens with zero attached hydrogens (tertiary/aromatic N) is 1. The second-order valence-electron chi connectivity index (χ2n) is 3.77. The number of thiol groups is 1. The van der Waals surface area contributed by atoms with Crippen LogP contribution in [0.3, 0.4) is 0 Å². The fraction of sp³-hybridized carbons (Fsp3) is 0. The molecule has 2 aromatic carbocycles. The van der Waals surface area contributed by atoms with Gasteiger partial charge in [-0.1, -0.05) is 28.1 Å². The van der Waals surface area contributed by atoms with E-state index in [0.717, 1.165) is 4.47 Å². The lowest BCUT2D eigenvalue weighted by Gasteiger charge is -2.08. The van der Waals surface area contributed by atoms with Gasteiger partial charge in [-0.05, 0) is 30.3 Å². The molecule has 2 aromatic rings. The lowest BCUT2D eigenvalue weighted by molar-refractivity contribution is 0.102. The summed E-state index contributed by atoms with van der Waals surface area (Å²) in [7, 11) is 0. The number of nitrogens with one attached hydrogen (secondary N) is 1. The topological polar surface area (TPSA) is 52.9 Å². The molecule has 0 spiro atoms. The minimum atomic E-state index is -0.288. The average molecular weight is 333 g/mol. The van der Waals surface area contributed by atoms with Crippen LogP contribution in [0.15, 0.2) is 51.8 Å². The molecule has 0 saturated carbocycles. The van der Waals surface area contributed by atoms with Crippen LogP contribution in [0, 0.1) is 11.3 Å². The fourth-order valence-corrected chi connectivity index (χ4v) is 2.20. The van der Waals surface area contributed by atoms with Gasteiger partial charge in [0.25, 0.3) is 5.91 Å². The molecule has 19 heavy (non-hydrogen) atoms. The Morgan fingerprint density at radius 2 is 2.00 bits per heavy atom. The molecule has 0 fully saturated rings. The highest BCUT2D eigenvalue weighted by Gasteiger charge is 2.11. The molecule has 0 aromatic heterocycles. The van der Waals surface area contributed by atoms with E-state index in [9.17, 15) is 4.79 Å². The molecule has 2 rings (SSSR count). The number of hydrogen-bond donors (Lipinski definition) is 2. The lowest BCUT2D eigenvalue weighted by Crippen LogP contribution is -2.13. The van der Waals surface area contributed by atoms with Gasteiger partial charge in [0.2, 0.25) is 0 Å². The van der Waals surface area contributed by atoms with Crippen molar-refractivity contribution < 1.29 is 4.79 Å². The van der Waals surface area contributed by atoms with Crippen LogP contribution in [0.2, 0.25) is 0 Å². The van der Waals surface area contributed by atoms with E-state index in [1.165, 1.54) is 0 Å². The van der Waals surface area contributed by atoms with Crippen LogP contribution in [-0.2, 0) is 0 Å². The van der Waals surface area contributed by atoms with Crippen molar-refractivity contribution in [2.24, 2.45) is 0 Å². The van der Waals surface area contributed by atoms with Crippen molar-refractivity contribution in [2.75, 3.05) is 5.32 Å². The molecule has 0 atom stereocenters. The summed E-state index contributed by atoms with van der Waals surface area (Å²) in [6.07, 6.45) is 0. The second-order valence-corrected chi connectivity index (χ2v) is 5.17. The highest BCUT2D eigenvalue weighted by atomic mass is 79.9. The zero-order valence-electron chi connectivity index (χ0n) is 9.72. The van der Waals surface area contributed by atoms with E-state index in [1.54, 1.807) is 42.5 Å². The summed E-state index contributed by atoms with van der Waals surface area (Å²) < 4.78 is 0.789. The van der Waals surface area contributed by atoms with Gasteiger partial charge in [-0.2, -0.15) is 5.26 Å². The number of rotatable bonds is 2. The van der Waals surface area contributed by atoms with Crippen LogP contribution in [0.4, 0.5) is 5.69 Å². The molecule has 0 radical (unpaired) electrons. The Morgan fingerprint density at radius 3 is 2.68 bits per heavy atom. The number of amides is 1. The number of halogens is 1. The van der Waals surface area contributed by atoms with Crippen LogP contribution in [-0.4, -0.2) is 5.91 Å². The number of nitriles is 1. The third-order valence-corrected chi connectivity index (χ3v) is 3.38. The van der Waals surface area contributed by atoms with E-state index in [0.29, 0.717) is 21.7 Å². The fourth-order valence-electron chi connectivity index (χ4n) is 1.57. The first kappa shape index (κ1) is 13.7. The summed E-state index contributed by atoms with van der Waals surface area (Å²) in [5.41, 5.74) is 1.35. The summed E-state index contributed by atoms with van der Waals surface area (Å²) in [5.74, 6) is -0.288. The largest absolute Gasteiger partial charge is 0.321 e. The normalized spacial score (nSPS) is 9.74. The van der Waals surface area contributed by atoms with Crippen molar-refractivity contribution in [3.05, 3.63) is 58.1 Å². The summed E-state index contributed by atoms with van der Waals surface area (Å²) in [6, 6.07) is 14.1. The van der Waals surface area contributed by atoms with Gasteiger partial charge >= 0.3 is 0 Å². The molecule has 1 amide bonds. The van der Waals surface area contributed by atoms with Gasteiger partial charge in [0, 0.05) is 9.37 Å². The molecular formula is C14H9BrN2OS. The third-order valence-electron chi connectivity index (χ3n) is 2.50. The summed E-state index contributed by atoms with van der Waals surface area (Å²) in [5, 5.41) is 11.8. The van der Waals surface area contributed by atoms with Gasteiger partial charge in [-0.15, -0.1) is 12.6 Å². The lowest BCUT2D eigenvalue weighted by atomic mass is 10.1. The number of carbonyl (C=O) groups excluding carboxylic acids is 1. The van der Waals surface area contributed by atoms with Gasteiger partial charge in [-0.3, -0.25) is 4.79 Å². The highest BCUT2D eigenvalue weighted by molar-refractivity contribution is 9.10. The first-order valence-electron chi connectivity index (χ1n) is 5.41. The molecule has 3 nitrogen and oxygen atoms in total. The zero-order valence-corrected chi connectivity index (χ0v) is 12.2. The monoisotopic (exact) mass is 332 g/mol. The number of benzene rings is 2. The van der Waals surface area contributed by atoms with Crippen LogP contribution < -0.4 is 5.32 Å². The Kier molecular flexibility index (Phi) is 4.25. The Morgan fingerprint density at radius 1 is 1.26 bits per heavy atom. The van der Waals surface area contributed by atoms with Gasteiger partial charge in [0.05, 0.1) is 16.8 Å². The second kappa shape index (κ2) is 5.91. The predicted molar refractivity (Wildman–Crippen MR) is 80.5 cm³/mol. The average Bonchev–Trinajstić information content (AvgIpc) is 2.41. The quantitative estimate of drug-likeness (QED) is 0.820. The van der Waals surface area contributed by atoms with Crippen molar-refractivity contribution in [1.29, 1.82) is 5.26 Å². The SMILES string of the molecule is N#Cc1cc(Br)ccc1NC(=O)c1ccccc1S. The standard InChI is InChI=1S/C14H9BrN2OS/c15-10-5-6-12(9(7-10)8-16)17-14(18)11-3-1-2-4-13(11)19/h1-7,19H,(H,17,18). The summed E-state index contributed by atoms with van der Waals surface area (Å²) in [6.45, 7) is 0. The minimum absolute atomic E-state index is 0.288. The number of carbonyl (C=O) groups is 1. The summed E-state index contributed by atoms with van der Waals surface area (Å²) >= 11 is 7.52. The van der Waals surface area contributed by atoms with E-state index in [-0.39, 0.29) is 5.91 Å². The molecule has 0 aliphatic carbocycles. The van der Waals surface area contributed by atoms with Crippen LogP contribution in [0.5, 0.6) is 0 Å². The Hall–Kier alpha value is -1.77. The number of anilines is 1. The third kappa shape index (κ3) is 3.16. The first-order chi connectivity index (χ1) is 9.11. The number of hydrogen-bond acceptors (Lipinski definition) is 3. The molecular weight excluding hydrogens is 324 g/mol. The summed E-state index contributed by atoms with van der Waals surface area (Å²) in [4.78, 5) is 12.7. The highest BCUT2D eigenvalue weighted by Crippen LogP contribution is 2.22.